The first-order valence-electron chi connectivity index (χ1n) is 9.65. The third-order valence-corrected chi connectivity index (χ3v) is 4.82. The molecule has 29 heavy (non-hydrogen) atoms. The Hall–Kier alpha value is -2.57. The van der Waals surface area contributed by atoms with Crippen LogP contribution in [-0.2, 0) is 4.74 Å². The van der Waals surface area contributed by atoms with Crippen LogP contribution in [0.25, 0.3) is 0 Å². The van der Waals surface area contributed by atoms with Gasteiger partial charge in [-0.05, 0) is 48.9 Å². The van der Waals surface area contributed by atoms with Gasteiger partial charge in [-0.25, -0.2) is 0 Å². The molecule has 0 bridgehead atoms. The van der Waals surface area contributed by atoms with Crippen molar-refractivity contribution >= 4 is 34.8 Å². The van der Waals surface area contributed by atoms with Crippen LogP contribution >= 0.6 is 11.6 Å². The SMILES string of the molecule is CCCCN(C)c1ccc(C(=O)Nc2cc(C(=O)NCCOC)ccc2Cl)cc1. The standard InChI is InChI=1S/C22H28ClN3O3/c1-4-5-13-26(2)18-9-6-16(7-10-18)22(28)25-20-15-17(8-11-19(20)23)21(27)24-12-14-29-3/h6-11,15H,4-5,12-14H2,1-3H3,(H,24,27)(H,25,28). The summed E-state index contributed by atoms with van der Waals surface area (Å²) in [6.07, 6.45) is 2.25. The molecule has 6 nitrogen and oxygen atoms in total. The Morgan fingerprint density at radius 3 is 2.41 bits per heavy atom. The van der Waals surface area contributed by atoms with Crippen molar-refractivity contribution in [3.8, 4) is 0 Å². The normalized spacial score (nSPS) is 10.5. The molecule has 0 aromatic heterocycles. The summed E-state index contributed by atoms with van der Waals surface area (Å²) in [6.45, 7) is 3.95. The van der Waals surface area contributed by atoms with E-state index >= 15 is 0 Å². The van der Waals surface area contributed by atoms with Gasteiger partial charge in [0.2, 0.25) is 0 Å². The largest absolute Gasteiger partial charge is 0.383 e. The minimum absolute atomic E-state index is 0.256. The molecule has 0 heterocycles. The number of hydrogen-bond donors (Lipinski definition) is 2. The smallest absolute Gasteiger partial charge is 0.255 e. The Morgan fingerprint density at radius 2 is 1.76 bits per heavy atom. The van der Waals surface area contributed by atoms with E-state index < -0.39 is 0 Å². The number of amides is 2. The maximum Gasteiger partial charge on any atom is 0.255 e. The predicted octanol–water partition coefficient (Wildman–Crippen LogP) is 4.20. The summed E-state index contributed by atoms with van der Waals surface area (Å²) in [5, 5.41) is 5.88. The molecule has 2 aromatic carbocycles. The van der Waals surface area contributed by atoms with E-state index in [1.807, 2.05) is 19.2 Å². The van der Waals surface area contributed by atoms with Crippen molar-refractivity contribution in [2.24, 2.45) is 0 Å². The van der Waals surface area contributed by atoms with E-state index in [1.165, 1.54) is 0 Å². The average molecular weight is 418 g/mol. The molecule has 0 saturated heterocycles. The number of carbonyl (C=O) groups is 2. The number of halogens is 1. The Labute approximate surface area is 177 Å². The number of methoxy groups -OCH3 is 1. The summed E-state index contributed by atoms with van der Waals surface area (Å²) >= 11 is 6.20. The van der Waals surface area contributed by atoms with Crippen molar-refractivity contribution in [1.82, 2.24) is 5.32 Å². The second-order valence-corrected chi connectivity index (χ2v) is 7.13. The first kappa shape index (κ1) is 22.7. The van der Waals surface area contributed by atoms with Crippen LogP contribution < -0.4 is 15.5 Å². The van der Waals surface area contributed by atoms with Gasteiger partial charge >= 0.3 is 0 Å². The molecule has 0 spiro atoms. The topological polar surface area (TPSA) is 70.7 Å². The lowest BCUT2D eigenvalue weighted by Gasteiger charge is -2.19. The van der Waals surface area contributed by atoms with Gasteiger partial charge in [0.15, 0.2) is 0 Å². The number of nitrogens with one attached hydrogen (secondary N) is 2. The maximum atomic E-state index is 12.6. The lowest BCUT2D eigenvalue weighted by atomic mass is 10.1. The van der Waals surface area contributed by atoms with Crippen LogP contribution in [0.4, 0.5) is 11.4 Å². The molecule has 0 aliphatic carbocycles. The van der Waals surface area contributed by atoms with Gasteiger partial charge in [-0.2, -0.15) is 0 Å². The van der Waals surface area contributed by atoms with Gasteiger partial charge < -0.3 is 20.3 Å². The molecule has 0 fully saturated rings. The highest BCUT2D eigenvalue weighted by Gasteiger charge is 2.13. The number of rotatable bonds is 10. The summed E-state index contributed by atoms with van der Waals surface area (Å²) in [7, 11) is 3.60. The van der Waals surface area contributed by atoms with E-state index in [1.54, 1.807) is 37.4 Å². The fraction of sp³-hybridized carbons (Fsp3) is 0.364. The number of unbranched alkanes of at least 4 members (excludes halogenated alkanes) is 1. The number of anilines is 2. The minimum Gasteiger partial charge on any atom is -0.383 e. The molecule has 2 amide bonds. The fourth-order valence-corrected chi connectivity index (χ4v) is 2.88. The summed E-state index contributed by atoms with van der Waals surface area (Å²) in [6, 6.07) is 12.2. The summed E-state index contributed by atoms with van der Waals surface area (Å²) in [5.41, 5.74) is 2.38. The molecule has 2 rings (SSSR count). The number of carbonyl (C=O) groups excluding carboxylic acids is 2. The number of nitrogens with zero attached hydrogens (tertiary/aromatic N) is 1. The first-order valence-corrected chi connectivity index (χ1v) is 10.0. The highest BCUT2D eigenvalue weighted by Crippen LogP contribution is 2.24. The second kappa shape index (κ2) is 11.4. The highest BCUT2D eigenvalue weighted by molar-refractivity contribution is 6.34. The zero-order chi connectivity index (χ0) is 21.2. The van der Waals surface area contributed by atoms with Crippen LogP contribution in [0, 0.1) is 0 Å². The van der Waals surface area contributed by atoms with E-state index in [4.69, 9.17) is 16.3 Å². The summed E-state index contributed by atoms with van der Waals surface area (Å²) in [4.78, 5) is 27.0. The van der Waals surface area contributed by atoms with Crippen molar-refractivity contribution in [2.45, 2.75) is 19.8 Å². The van der Waals surface area contributed by atoms with E-state index in [0.29, 0.717) is 35.0 Å². The minimum atomic E-state index is -0.286. The molecular formula is C22H28ClN3O3. The molecule has 0 aliphatic rings. The number of benzene rings is 2. The van der Waals surface area contributed by atoms with E-state index in [9.17, 15) is 9.59 Å². The molecule has 7 heteroatoms. The summed E-state index contributed by atoms with van der Waals surface area (Å²) < 4.78 is 4.92. The quantitative estimate of drug-likeness (QED) is 0.568. The Balaban J connectivity index is 2.06. The average Bonchev–Trinajstić information content (AvgIpc) is 2.73. The Bertz CT molecular complexity index is 825. The van der Waals surface area contributed by atoms with E-state index in [0.717, 1.165) is 25.1 Å². The zero-order valence-electron chi connectivity index (χ0n) is 17.1. The number of hydrogen-bond acceptors (Lipinski definition) is 4. The van der Waals surface area contributed by atoms with Gasteiger partial charge in [0.25, 0.3) is 11.8 Å². The van der Waals surface area contributed by atoms with Gasteiger partial charge in [-0.15, -0.1) is 0 Å². The van der Waals surface area contributed by atoms with Crippen molar-refractivity contribution < 1.29 is 14.3 Å². The zero-order valence-corrected chi connectivity index (χ0v) is 17.9. The van der Waals surface area contributed by atoms with E-state index in [-0.39, 0.29) is 11.8 Å². The lowest BCUT2D eigenvalue weighted by molar-refractivity contribution is 0.0936. The van der Waals surface area contributed by atoms with Gasteiger partial charge in [-0.1, -0.05) is 24.9 Å². The van der Waals surface area contributed by atoms with Gasteiger partial charge in [-0.3, -0.25) is 9.59 Å². The fourth-order valence-electron chi connectivity index (χ4n) is 2.72. The Morgan fingerprint density at radius 1 is 1.07 bits per heavy atom. The van der Waals surface area contributed by atoms with Crippen molar-refractivity contribution in [1.29, 1.82) is 0 Å². The molecule has 0 saturated carbocycles. The monoisotopic (exact) mass is 417 g/mol. The molecular weight excluding hydrogens is 390 g/mol. The Kier molecular flexibility index (Phi) is 8.96. The maximum absolute atomic E-state index is 12.6. The second-order valence-electron chi connectivity index (χ2n) is 6.72. The molecule has 2 aromatic rings. The van der Waals surface area contributed by atoms with Crippen LogP contribution in [0.3, 0.4) is 0 Å². The van der Waals surface area contributed by atoms with E-state index in [2.05, 4.69) is 22.5 Å². The molecule has 0 radical (unpaired) electrons. The number of ether oxygens (including phenoxy) is 1. The van der Waals surface area contributed by atoms with Crippen molar-refractivity contribution in [3.05, 3.63) is 58.6 Å². The van der Waals surface area contributed by atoms with Gasteiger partial charge in [0, 0.05) is 44.1 Å². The first-order chi connectivity index (χ1) is 14.0. The molecule has 0 unspecified atom stereocenters. The van der Waals surface area contributed by atoms with Gasteiger partial charge in [0.05, 0.1) is 17.3 Å². The van der Waals surface area contributed by atoms with Crippen LogP contribution in [0.15, 0.2) is 42.5 Å². The van der Waals surface area contributed by atoms with Crippen LogP contribution in [-0.4, -0.2) is 45.7 Å². The summed E-state index contributed by atoms with van der Waals surface area (Å²) in [5.74, 6) is -0.541. The predicted molar refractivity (Wildman–Crippen MR) is 118 cm³/mol. The van der Waals surface area contributed by atoms with Crippen molar-refractivity contribution in [2.75, 3.05) is 44.1 Å². The third-order valence-electron chi connectivity index (χ3n) is 4.49. The molecule has 0 atom stereocenters. The van der Waals surface area contributed by atoms with Crippen LogP contribution in [0.2, 0.25) is 5.02 Å². The van der Waals surface area contributed by atoms with Crippen LogP contribution in [0.1, 0.15) is 40.5 Å². The highest BCUT2D eigenvalue weighted by atomic mass is 35.5. The molecule has 0 aliphatic heterocycles. The third kappa shape index (κ3) is 6.76. The molecule has 2 N–H and O–H groups in total. The van der Waals surface area contributed by atoms with Gasteiger partial charge in [0.1, 0.15) is 0 Å². The van der Waals surface area contributed by atoms with Crippen molar-refractivity contribution in [3.63, 3.8) is 0 Å². The molecule has 156 valence electrons. The van der Waals surface area contributed by atoms with Crippen LogP contribution in [0.5, 0.6) is 0 Å². The lowest BCUT2D eigenvalue weighted by Crippen LogP contribution is -2.27.